The largest absolute Gasteiger partial charge is 0.496 e. The van der Waals surface area contributed by atoms with E-state index < -0.39 is 20.0 Å². The van der Waals surface area contributed by atoms with Gasteiger partial charge in [0.25, 0.3) is 0 Å². The molecule has 1 heterocycles. The van der Waals surface area contributed by atoms with Crippen molar-refractivity contribution in [3.8, 4) is 34.5 Å². The van der Waals surface area contributed by atoms with E-state index in [9.17, 15) is 16.8 Å². The van der Waals surface area contributed by atoms with Gasteiger partial charge in [-0.15, -0.1) is 0 Å². The first-order chi connectivity index (χ1) is 21.5. The molecule has 45 heavy (non-hydrogen) atoms. The van der Waals surface area contributed by atoms with Crippen molar-refractivity contribution in [2.45, 2.75) is 29.1 Å². The van der Waals surface area contributed by atoms with E-state index in [4.69, 9.17) is 28.4 Å². The lowest BCUT2D eigenvalue weighted by Crippen LogP contribution is -2.34. The van der Waals surface area contributed by atoms with Gasteiger partial charge >= 0.3 is 0 Å². The molecule has 0 saturated carbocycles. The van der Waals surface area contributed by atoms with E-state index in [0.717, 1.165) is 45.7 Å². The summed E-state index contributed by atoms with van der Waals surface area (Å²) in [5, 5.41) is 0. The number of rotatable bonds is 18. The van der Waals surface area contributed by atoms with Crippen LogP contribution >= 0.6 is 0 Å². The van der Waals surface area contributed by atoms with Gasteiger partial charge in [-0.1, -0.05) is 0 Å². The SMILES string of the molecule is COc1cc(OC)c(S(=O)(=O)NCCCN2CCCN(CCCNS(=O)(=O)c3c(OC)cc(OC)cc3OC)CC2)c(OC)c1. The van der Waals surface area contributed by atoms with Crippen LogP contribution in [0.3, 0.4) is 0 Å². The van der Waals surface area contributed by atoms with E-state index in [1.165, 1.54) is 66.9 Å². The smallest absolute Gasteiger partial charge is 0.247 e. The second kappa shape index (κ2) is 17.1. The Morgan fingerprint density at radius 2 is 0.889 bits per heavy atom. The lowest BCUT2D eigenvalue weighted by Gasteiger charge is -2.22. The molecule has 16 heteroatoms. The fourth-order valence-corrected chi connectivity index (χ4v) is 7.85. The van der Waals surface area contributed by atoms with Crippen molar-refractivity contribution in [3.05, 3.63) is 24.3 Å². The van der Waals surface area contributed by atoms with Gasteiger partial charge in [0.15, 0.2) is 9.79 Å². The van der Waals surface area contributed by atoms with Gasteiger partial charge in [-0.05, 0) is 45.4 Å². The molecule has 254 valence electrons. The molecule has 1 saturated heterocycles. The minimum absolute atomic E-state index is 0.0664. The molecule has 3 rings (SSSR count). The highest BCUT2D eigenvalue weighted by Gasteiger charge is 2.27. The molecule has 1 fully saturated rings. The standard InChI is InChI=1S/C29H46N4O10S2/c1-38-22-18-24(40-3)28(25(19-22)41-4)44(34,35)30-10-7-12-32-14-9-15-33(17-16-32)13-8-11-31-45(36,37)29-26(42-5)20-23(39-2)21-27(29)43-6/h18-21,30-31H,7-17H2,1-6H3. The maximum Gasteiger partial charge on any atom is 0.247 e. The number of hydrogen-bond acceptors (Lipinski definition) is 12. The average Bonchev–Trinajstić information content (AvgIpc) is 3.28. The minimum atomic E-state index is -3.89. The fraction of sp³-hybridized carbons (Fsp3) is 0.586. The van der Waals surface area contributed by atoms with E-state index >= 15 is 0 Å². The maximum atomic E-state index is 13.1. The predicted octanol–water partition coefficient (Wildman–Crippen LogP) is 1.78. The lowest BCUT2D eigenvalue weighted by molar-refractivity contribution is 0.253. The molecular weight excluding hydrogens is 628 g/mol. The zero-order valence-electron chi connectivity index (χ0n) is 26.9. The van der Waals surface area contributed by atoms with Crippen LogP contribution in [0.2, 0.25) is 0 Å². The van der Waals surface area contributed by atoms with Crippen LogP contribution in [0.4, 0.5) is 0 Å². The number of nitrogens with one attached hydrogen (secondary N) is 2. The molecule has 0 unspecified atom stereocenters. The van der Waals surface area contributed by atoms with Crippen molar-refractivity contribution in [2.75, 3.05) is 95.0 Å². The van der Waals surface area contributed by atoms with E-state index in [-0.39, 0.29) is 45.9 Å². The van der Waals surface area contributed by atoms with Crippen LogP contribution in [-0.4, -0.2) is 122 Å². The quantitative estimate of drug-likeness (QED) is 0.222. The molecular formula is C29H46N4O10S2. The van der Waals surface area contributed by atoms with Crippen LogP contribution in [0.25, 0.3) is 0 Å². The molecule has 14 nitrogen and oxygen atoms in total. The van der Waals surface area contributed by atoms with Crippen molar-refractivity contribution >= 4 is 20.0 Å². The topological polar surface area (TPSA) is 154 Å². The molecule has 0 bridgehead atoms. The molecule has 0 atom stereocenters. The summed E-state index contributed by atoms with van der Waals surface area (Å²) in [5.74, 6) is 1.40. The number of hydrogen-bond donors (Lipinski definition) is 2. The number of methoxy groups -OCH3 is 6. The minimum Gasteiger partial charge on any atom is -0.496 e. The summed E-state index contributed by atoms with van der Waals surface area (Å²) in [4.78, 5) is 4.49. The Hall–Kier alpha value is -3.02. The summed E-state index contributed by atoms with van der Waals surface area (Å²) in [6.45, 7) is 5.44. The van der Waals surface area contributed by atoms with Gasteiger partial charge in [0.1, 0.15) is 34.5 Å². The maximum absolute atomic E-state index is 13.1. The van der Waals surface area contributed by atoms with Crippen LogP contribution < -0.4 is 37.9 Å². The first-order valence-corrected chi connectivity index (χ1v) is 17.5. The van der Waals surface area contributed by atoms with Crippen LogP contribution in [0, 0.1) is 0 Å². The zero-order chi connectivity index (χ0) is 33.0. The highest BCUT2D eigenvalue weighted by atomic mass is 32.2. The Morgan fingerprint density at radius 1 is 0.556 bits per heavy atom. The van der Waals surface area contributed by atoms with Crippen LogP contribution in [0.5, 0.6) is 34.5 Å². The van der Waals surface area contributed by atoms with E-state index in [2.05, 4.69) is 19.2 Å². The van der Waals surface area contributed by atoms with Crippen molar-refractivity contribution < 1.29 is 45.3 Å². The molecule has 0 amide bonds. The highest BCUT2D eigenvalue weighted by molar-refractivity contribution is 7.90. The van der Waals surface area contributed by atoms with Gasteiger partial charge in [-0.2, -0.15) is 0 Å². The van der Waals surface area contributed by atoms with Crippen molar-refractivity contribution in [1.82, 2.24) is 19.2 Å². The molecule has 0 aromatic heterocycles. The molecule has 2 aromatic carbocycles. The van der Waals surface area contributed by atoms with E-state index in [1.807, 2.05) is 0 Å². The number of ether oxygens (including phenoxy) is 6. The summed E-state index contributed by atoms with van der Waals surface area (Å²) < 4.78 is 89.4. The summed E-state index contributed by atoms with van der Waals surface area (Å²) >= 11 is 0. The third-order valence-corrected chi connectivity index (χ3v) is 10.5. The molecule has 1 aliphatic rings. The van der Waals surface area contributed by atoms with Crippen molar-refractivity contribution in [3.63, 3.8) is 0 Å². The number of nitrogens with zero attached hydrogens (tertiary/aromatic N) is 2. The second-order valence-electron chi connectivity index (χ2n) is 10.3. The molecule has 2 N–H and O–H groups in total. The molecule has 1 aliphatic heterocycles. The molecule has 0 aliphatic carbocycles. The fourth-order valence-electron chi connectivity index (χ4n) is 5.11. The van der Waals surface area contributed by atoms with Gasteiger partial charge < -0.3 is 38.2 Å². The van der Waals surface area contributed by atoms with Crippen LogP contribution in [0.15, 0.2) is 34.1 Å². The first kappa shape index (κ1) is 36.4. The zero-order valence-corrected chi connectivity index (χ0v) is 28.5. The predicted molar refractivity (Wildman–Crippen MR) is 169 cm³/mol. The molecule has 2 aromatic rings. The van der Waals surface area contributed by atoms with E-state index in [0.29, 0.717) is 24.3 Å². The average molecular weight is 675 g/mol. The summed E-state index contributed by atoms with van der Waals surface area (Å²) in [6.07, 6.45) is 2.21. The highest BCUT2D eigenvalue weighted by Crippen LogP contribution is 2.38. The van der Waals surface area contributed by atoms with Gasteiger partial charge in [0, 0.05) is 50.4 Å². The summed E-state index contributed by atoms with van der Waals surface area (Å²) in [5.41, 5.74) is 0. The Balaban J connectivity index is 1.45. The third-order valence-electron chi connectivity index (χ3n) is 7.44. The second-order valence-corrected chi connectivity index (χ2v) is 13.7. The van der Waals surface area contributed by atoms with Crippen LogP contribution in [0.1, 0.15) is 19.3 Å². The Kier molecular flexibility index (Phi) is 13.8. The Bertz CT molecular complexity index is 1310. The lowest BCUT2D eigenvalue weighted by atomic mass is 10.3. The summed E-state index contributed by atoms with van der Waals surface area (Å²) in [7, 11) is 0.752. The third kappa shape index (κ3) is 9.73. The molecule has 0 spiro atoms. The van der Waals surface area contributed by atoms with E-state index in [1.54, 1.807) is 0 Å². The number of benzene rings is 2. The van der Waals surface area contributed by atoms with Gasteiger partial charge in [0.05, 0.1) is 42.7 Å². The molecule has 0 radical (unpaired) electrons. The Morgan fingerprint density at radius 3 is 1.18 bits per heavy atom. The van der Waals surface area contributed by atoms with Gasteiger partial charge in [-0.3, -0.25) is 0 Å². The first-order valence-electron chi connectivity index (χ1n) is 14.6. The van der Waals surface area contributed by atoms with Gasteiger partial charge in [0.2, 0.25) is 20.0 Å². The van der Waals surface area contributed by atoms with Crippen LogP contribution in [-0.2, 0) is 20.0 Å². The van der Waals surface area contributed by atoms with Gasteiger partial charge in [-0.25, -0.2) is 26.3 Å². The van der Waals surface area contributed by atoms with Crippen molar-refractivity contribution in [2.24, 2.45) is 0 Å². The Labute approximate surface area is 267 Å². The monoisotopic (exact) mass is 674 g/mol. The van der Waals surface area contributed by atoms with Crippen molar-refractivity contribution in [1.29, 1.82) is 0 Å². The summed E-state index contributed by atoms with van der Waals surface area (Å²) in [6, 6.07) is 6.02. The number of sulfonamides is 2. The normalized spacial score (nSPS) is 14.9.